The van der Waals surface area contributed by atoms with Crippen molar-refractivity contribution in [3.63, 3.8) is 0 Å². The third kappa shape index (κ3) is 2.40. The zero-order valence-corrected chi connectivity index (χ0v) is 15.1. The summed E-state index contributed by atoms with van der Waals surface area (Å²) in [6.45, 7) is 0.235. The zero-order chi connectivity index (χ0) is 16.8. The lowest BCUT2D eigenvalue weighted by Gasteiger charge is -2.05. The summed E-state index contributed by atoms with van der Waals surface area (Å²) >= 11 is 8.96. The number of nitrogens with zero attached hydrogens (tertiary/aromatic N) is 6. The molecule has 4 heterocycles. The van der Waals surface area contributed by atoms with E-state index < -0.39 is 0 Å². The lowest BCUT2D eigenvalue weighted by atomic mass is 10.3. The van der Waals surface area contributed by atoms with Crippen molar-refractivity contribution >= 4 is 55.9 Å². The monoisotopic (exact) mass is 378 g/mol. The number of thiazole rings is 1. The van der Waals surface area contributed by atoms with Gasteiger partial charge in [-0.1, -0.05) is 11.8 Å². The van der Waals surface area contributed by atoms with Crippen molar-refractivity contribution in [3.05, 3.63) is 39.8 Å². The van der Waals surface area contributed by atoms with Crippen LogP contribution in [0.4, 0.5) is 0 Å². The summed E-state index contributed by atoms with van der Waals surface area (Å²) in [5.74, 6) is 0. The van der Waals surface area contributed by atoms with Gasteiger partial charge in [-0.3, -0.25) is 4.79 Å². The van der Waals surface area contributed by atoms with Crippen molar-refractivity contribution in [1.82, 2.24) is 29.3 Å². The molecule has 0 fully saturated rings. The minimum Gasteiger partial charge on any atom is -0.323 e. The predicted octanol–water partition coefficient (Wildman–Crippen LogP) is 2.56. The van der Waals surface area contributed by atoms with Gasteiger partial charge in [-0.25, -0.2) is 19.6 Å². The molecule has 0 saturated heterocycles. The van der Waals surface area contributed by atoms with Crippen molar-refractivity contribution in [2.45, 2.75) is 10.9 Å². The molecule has 0 unspecified atom stereocenters. The number of fused-ring (bicyclic) bond motifs is 3. The fourth-order valence-electron chi connectivity index (χ4n) is 2.58. The average Bonchev–Trinajstić information content (AvgIpc) is 3.10. The molecule has 0 aliphatic rings. The van der Waals surface area contributed by atoms with Crippen molar-refractivity contribution in [1.29, 1.82) is 0 Å². The molecule has 24 heavy (non-hydrogen) atoms. The Morgan fingerprint density at radius 1 is 1.38 bits per heavy atom. The van der Waals surface area contributed by atoms with E-state index in [9.17, 15) is 4.79 Å². The normalized spacial score (nSPS) is 11.6. The molecule has 10 heteroatoms. The molecule has 4 rings (SSSR count). The Kier molecular flexibility index (Phi) is 3.78. The number of aryl methyl sites for hydroxylation is 1. The molecule has 0 atom stereocenters. The van der Waals surface area contributed by atoms with Crippen LogP contribution in [-0.2, 0) is 13.6 Å². The van der Waals surface area contributed by atoms with Crippen LogP contribution in [-0.4, -0.2) is 35.6 Å². The molecule has 4 aromatic heterocycles. The van der Waals surface area contributed by atoms with Gasteiger partial charge in [-0.2, -0.15) is 5.10 Å². The van der Waals surface area contributed by atoms with Crippen LogP contribution in [0, 0.1) is 0 Å². The third-order valence-corrected chi connectivity index (χ3v) is 5.92. The van der Waals surface area contributed by atoms with E-state index in [4.69, 9.17) is 11.6 Å². The molecule has 0 N–H and O–H groups in total. The topological polar surface area (TPSA) is 78.5 Å². The highest BCUT2D eigenvalue weighted by Crippen LogP contribution is 2.34. The molecular formula is C14H11ClN6OS2. The van der Waals surface area contributed by atoms with Gasteiger partial charge in [0.05, 0.1) is 23.1 Å². The van der Waals surface area contributed by atoms with E-state index >= 15 is 0 Å². The Labute approximate surface area is 149 Å². The first-order chi connectivity index (χ1) is 11.6. The second-order valence-electron chi connectivity index (χ2n) is 5.08. The lowest BCUT2D eigenvalue weighted by molar-refractivity contribution is 0.631. The molecule has 0 saturated carbocycles. The summed E-state index contributed by atoms with van der Waals surface area (Å²) in [4.78, 5) is 25.3. The van der Waals surface area contributed by atoms with Crippen LogP contribution in [0.25, 0.3) is 21.3 Å². The molecule has 122 valence electrons. The van der Waals surface area contributed by atoms with Crippen LogP contribution in [0.2, 0.25) is 5.28 Å². The van der Waals surface area contributed by atoms with E-state index in [-0.39, 0.29) is 17.4 Å². The minimum absolute atomic E-state index is 0.148. The van der Waals surface area contributed by atoms with Gasteiger partial charge in [-0.15, -0.1) is 11.3 Å². The maximum atomic E-state index is 12.8. The summed E-state index contributed by atoms with van der Waals surface area (Å²) in [6, 6.07) is 1.71. The number of hydrogen-bond donors (Lipinski definition) is 0. The molecule has 7 nitrogen and oxygen atoms in total. The smallest absolute Gasteiger partial charge is 0.291 e. The predicted molar refractivity (Wildman–Crippen MR) is 96.1 cm³/mol. The summed E-state index contributed by atoms with van der Waals surface area (Å²) in [5, 5.41) is 5.26. The van der Waals surface area contributed by atoms with E-state index in [1.54, 1.807) is 41.6 Å². The fourth-order valence-corrected chi connectivity index (χ4v) is 4.35. The first-order valence-electron chi connectivity index (χ1n) is 6.95. The Balaban J connectivity index is 1.89. The van der Waals surface area contributed by atoms with Crippen LogP contribution in [0.15, 0.2) is 27.6 Å². The Bertz CT molecular complexity index is 1130. The van der Waals surface area contributed by atoms with Gasteiger partial charge in [0, 0.05) is 18.6 Å². The first kappa shape index (κ1) is 15.6. The van der Waals surface area contributed by atoms with Crippen LogP contribution in [0.3, 0.4) is 0 Å². The molecule has 0 radical (unpaired) electrons. The molecule has 0 aliphatic carbocycles. The number of aromatic nitrogens is 6. The van der Waals surface area contributed by atoms with Gasteiger partial charge in [-0.05, 0) is 23.9 Å². The fraction of sp³-hybridized carbons (Fsp3) is 0.214. The minimum atomic E-state index is -0.180. The van der Waals surface area contributed by atoms with E-state index in [0.29, 0.717) is 11.2 Å². The number of hydrogen-bond acceptors (Lipinski definition) is 7. The maximum Gasteiger partial charge on any atom is 0.291 e. The van der Waals surface area contributed by atoms with E-state index in [0.717, 1.165) is 20.1 Å². The van der Waals surface area contributed by atoms with Crippen molar-refractivity contribution in [2.75, 3.05) is 6.26 Å². The van der Waals surface area contributed by atoms with Gasteiger partial charge >= 0.3 is 0 Å². The molecule has 0 spiro atoms. The van der Waals surface area contributed by atoms with Gasteiger partial charge in [0.25, 0.3) is 5.56 Å². The highest BCUT2D eigenvalue weighted by molar-refractivity contribution is 8.00. The van der Waals surface area contributed by atoms with Crippen molar-refractivity contribution < 1.29 is 0 Å². The second-order valence-corrected chi connectivity index (χ2v) is 7.47. The van der Waals surface area contributed by atoms with E-state index in [2.05, 4.69) is 20.1 Å². The largest absolute Gasteiger partial charge is 0.323 e. The number of rotatable bonds is 3. The van der Waals surface area contributed by atoms with Crippen molar-refractivity contribution in [3.8, 4) is 0 Å². The van der Waals surface area contributed by atoms with Gasteiger partial charge in [0.15, 0.2) is 9.99 Å². The van der Waals surface area contributed by atoms with Crippen LogP contribution < -0.4 is 5.56 Å². The number of thioether (sulfide) groups is 1. The standard InChI is InChI=1S/C14H11ClN6OS2/c1-20-9-8(10-11(20)19-14(23-2)24-10)5-17-21(12(9)22)6-7-3-4-16-13(15)18-7/h3-5H,6H2,1-2H3. The quantitative estimate of drug-likeness (QED) is 0.402. The first-order valence-corrected chi connectivity index (χ1v) is 9.37. The highest BCUT2D eigenvalue weighted by Gasteiger charge is 2.18. The Morgan fingerprint density at radius 2 is 2.21 bits per heavy atom. The molecule has 0 aliphatic heterocycles. The third-order valence-electron chi connectivity index (χ3n) is 3.68. The van der Waals surface area contributed by atoms with Crippen LogP contribution in [0.5, 0.6) is 0 Å². The summed E-state index contributed by atoms with van der Waals surface area (Å²) in [5.41, 5.74) is 1.84. The van der Waals surface area contributed by atoms with Crippen molar-refractivity contribution in [2.24, 2.45) is 7.05 Å². The van der Waals surface area contributed by atoms with E-state index in [1.165, 1.54) is 4.68 Å². The van der Waals surface area contributed by atoms with Gasteiger partial charge in [0.2, 0.25) is 5.28 Å². The molecule has 0 bridgehead atoms. The molecular weight excluding hydrogens is 368 g/mol. The summed E-state index contributed by atoms with van der Waals surface area (Å²) in [6.07, 6.45) is 5.25. The lowest BCUT2D eigenvalue weighted by Crippen LogP contribution is -2.25. The van der Waals surface area contributed by atoms with E-state index in [1.807, 2.05) is 17.9 Å². The Hall–Kier alpha value is -1.97. The Morgan fingerprint density at radius 3 is 2.96 bits per heavy atom. The molecule has 4 aromatic rings. The maximum absolute atomic E-state index is 12.8. The zero-order valence-electron chi connectivity index (χ0n) is 12.7. The van der Waals surface area contributed by atoms with Crippen LogP contribution in [0.1, 0.15) is 5.69 Å². The van der Waals surface area contributed by atoms with Gasteiger partial charge < -0.3 is 4.57 Å². The SMILES string of the molecule is CSc1nc2c(s1)c1cnn(Cc3ccnc(Cl)n3)c(=O)c1n2C. The molecule has 0 aromatic carbocycles. The van der Waals surface area contributed by atoms with Crippen LogP contribution >= 0.6 is 34.7 Å². The van der Waals surface area contributed by atoms with Gasteiger partial charge in [0.1, 0.15) is 5.52 Å². The summed E-state index contributed by atoms with van der Waals surface area (Å²) < 4.78 is 5.16. The average molecular weight is 379 g/mol. The number of halogens is 1. The second kappa shape index (κ2) is 5.83. The molecule has 0 amide bonds. The summed E-state index contributed by atoms with van der Waals surface area (Å²) in [7, 11) is 1.85. The highest BCUT2D eigenvalue weighted by atomic mass is 35.5.